The molecular formula is C28H21NO5. The number of amides is 1. The van der Waals surface area contributed by atoms with Crippen LogP contribution in [0.25, 0.3) is 21.7 Å². The Morgan fingerprint density at radius 1 is 0.882 bits per heavy atom. The molecule has 5 aromatic rings. The molecule has 0 aliphatic heterocycles. The number of hydrogen-bond donors (Lipinski definition) is 1. The summed E-state index contributed by atoms with van der Waals surface area (Å²) in [6.45, 7) is 1.80. The first-order chi connectivity index (χ1) is 16.5. The van der Waals surface area contributed by atoms with Crippen LogP contribution in [0, 0.1) is 6.92 Å². The van der Waals surface area contributed by atoms with Crippen molar-refractivity contribution in [1.29, 1.82) is 0 Å². The molecule has 0 atom stereocenters. The summed E-state index contributed by atoms with van der Waals surface area (Å²) in [7, 11) is 0. The standard InChI is InChI=1S/C28H21NO5/c1-18-6-9-21(10-7-18)29-27(30)17-32-22-12-13-24-25(15-22)33-16-26(28(24)31)34-23-11-8-19-4-2-3-5-20(19)14-23/h2-16H,17H2,1H3,(H,29,30). The van der Waals surface area contributed by atoms with Crippen molar-refractivity contribution in [3.63, 3.8) is 0 Å². The average Bonchev–Trinajstić information content (AvgIpc) is 2.86. The predicted octanol–water partition coefficient (Wildman–Crippen LogP) is 6.06. The quantitative estimate of drug-likeness (QED) is 0.339. The normalized spacial score (nSPS) is 10.9. The van der Waals surface area contributed by atoms with E-state index in [2.05, 4.69) is 5.32 Å². The highest BCUT2D eigenvalue weighted by atomic mass is 16.5. The second-order valence-corrected chi connectivity index (χ2v) is 7.90. The maximum absolute atomic E-state index is 12.9. The van der Waals surface area contributed by atoms with Crippen molar-refractivity contribution in [3.8, 4) is 17.2 Å². The topological polar surface area (TPSA) is 77.8 Å². The molecule has 5 rings (SSSR count). The van der Waals surface area contributed by atoms with Crippen molar-refractivity contribution in [2.24, 2.45) is 0 Å². The van der Waals surface area contributed by atoms with Crippen LogP contribution < -0.4 is 20.2 Å². The fourth-order valence-electron chi connectivity index (χ4n) is 3.59. The zero-order valence-corrected chi connectivity index (χ0v) is 18.4. The number of fused-ring (bicyclic) bond motifs is 2. The van der Waals surface area contributed by atoms with Crippen molar-refractivity contribution in [3.05, 3.63) is 107 Å². The van der Waals surface area contributed by atoms with Crippen LogP contribution in [0.15, 0.2) is 100 Å². The number of carbonyl (C=O) groups is 1. The zero-order valence-electron chi connectivity index (χ0n) is 18.4. The molecule has 0 radical (unpaired) electrons. The fourth-order valence-corrected chi connectivity index (χ4v) is 3.59. The van der Waals surface area contributed by atoms with Crippen molar-refractivity contribution in [1.82, 2.24) is 0 Å². The number of hydrogen-bond acceptors (Lipinski definition) is 5. The van der Waals surface area contributed by atoms with Gasteiger partial charge in [-0.05, 0) is 54.1 Å². The van der Waals surface area contributed by atoms with Crippen LogP contribution in [0.4, 0.5) is 5.69 Å². The monoisotopic (exact) mass is 451 g/mol. The Morgan fingerprint density at radius 3 is 2.47 bits per heavy atom. The highest BCUT2D eigenvalue weighted by molar-refractivity contribution is 5.92. The summed E-state index contributed by atoms with van der Waals surface area (Å²) in [5.41, 5.74) is 1.85. The van der Waals surface area contributed by atoms with Gasteiger partial charge in [0.05, 0.1) is 5.39 Å². The third-order valence-electron chi connectivity index (χ3n) is 5.37. The minimum Gasteiger partial charge on any atom is -0.484 e. The lowest BCUT2D eigenvalue weighted by Crippen LogP contribution is -2.20. The van der Waals surface area contributed by atoms with Gasteiger partial charge in [0.1, 0.15) is 23.3 Å². The third kappa shape index (κ3) is 4.61. The van der Waals surface area contributed by atoms with Crippen molar-refractivity contribution in [2.45, 2.75) is 6.92 Å². The number of rotatable bonds is 6. The van der Waals surface area contributed by atoms with Gasteiger partial charge in [0, 0.05) is 11.8 Å². The van der Waals surface area contributed by atoms with Gasteiger partial charge < -0.3 is 19.2 Å². The highest BCUT2D eigenvalue weighted by Gasteiger charge is 2.11. The molecule has 1 amide bonds. The van der Waals surface area contributed by atoms with Crippen LogP contribution >= 0.6 is 0 Å². The van der Waals surface area contributed by atoms with Gasteiger partial charge in [-0.2, -0.15) is 0 Å². The maximum atomic E-state index is 12.9. The van der Waals surface area contributed by atoms with Crippen LogP contribution in [0.1, 0.15) is 5.56 Å². The number of nitrogens with one attached hydrogen (secondary N) is 1. The van der Waals surface area contributed by atoms with E-state index in [1.807, 2.05) is 73.7 Å². The van der Waals surface area contributed by atoms with Gasteiger partial charge in [-0.25, -0.2) is 0 Å². The minimum atomic E-state index is -0.293. The summed E-state index contributed by atoms with van der Waals surface area (Å²) in [6, 6.07) is 25.8. The summed E-state index contributed by atoms with van der Waals surface area (Å²) in [5.74, 6) is 0.765. The van der Waals surface area contributed by atoms with E-state index in [4.69, 9.17) is 13.9 Å². The number of aryl methyl sites for hydroxylation is 1. The molecule has 0 aliphatic carbocycles. The van der Waals surface area contributed by atoms with Crippen LogP contribution in [-0.4, -0.2) is 12.5 Å². The summed E-state index contributed by atoms with van der Waals surface area (Å²) in [5, 5.41) is 5.23. The summed E-state index contributed by atoms with van der Waals surface area (Å²) in [4.78, 5) is 25.1. The largest absolute Gasteiger partial charge is 0.484 e. The van der Waals surface area contributed by atoms with Gasteiger partial charge in [-0.15, -0.1) is 0 Å². The van der Waals surface area contributed by atoms with Crippen molar-refractivity contribution >= 4 is 33.3 Å². The van der Waals surface area contributed by atoms with E-state index in [0.717, 1.165) is 16.3 Å². The Labute approximate surface area is 195 Å². The first kappa shape index (κ1) is 21.3. The van der Waals surface area contributed by atoms with E-state index in [0.29, 0.717) is 28.2 Å². The highest BCUT2D eigenvalue weighted by Crippen LogP contribution is 2.26. The lowest BCUT2D eigenvalue weighted by Gasteiger charge is -2.09. The van der Waals surface area contributed by atoms with Crippen LogP contribution in [0.3, 0.4) is 0 Å². The molecule has 0 aliphatic rings. The molecule has 0 unspecified atom stereocenters. The molecule has 34 heavy (non-hydrogen) atoms. The molecule has 0 saturated heterocycles. The van der Waals surface area contributed by atoms with Crippen LogP contribution in [0.5, 0.6) is 17.2 Å². The molecule has 6 nitrogen and oxygen atoms in total. The Bertz CT molecular complexity index is 1550. The molecule has 0 saturated carbocycles. The van der Waals surface area contributed by atoms with Crippen molar-refractivity contribution in [2.75, 3.05) is 11.9 Å². The summed E-state index contributed by atoms with van der Waals surface area (Å²) >= 11 is 0. The van der Waals surface area contributed by atoms with Gasteiger partial charge in [-0.3, -0.25) is 9.59 Å². The predicted molar refractivity (Wildman–Crippen MR) is 132 cm³/mol. The van der Waals surface area contributed by atoms with E-state index in [1.54, 1.807) is 18.2 Å². The second kappa shape index (κ2) is 9.11. The zero-order chi connectivity index (χ0) is 23.5. The van der Waals surface area contributed by atoms with E-state index in [-0.39, 0.29) is 23.7 Å². The van der Waals surface area contributed by atoms with Gasteiger partial charge in [0.25, 0.3) is 5.91 Å². The van der Waals surface area contributed by atoms with Gasteiger partial charge in [0.2, 0.25) is 11.2 Å². The van der Waals surface area contributed by atoms with E-state index in [9.17, 15) is 9.59 Å². The summed E-state index contributed by atoms with van der Waals surface area (Å²) < 4.78 is 17.0. The smallest absolute Gasteiger partial charge is 0.262 e. The molecule has 6 heteroatoms. The Morgan fingerprint density at radius 2 is 1.65 bits per heavy atom. The van der Waals surface area contributed by atoms with E-state index < -0.39 is 0 Å². The Hall–Kier alpha value is -4.58. The van der Waals surface area contributed by atoms with E-state index >= 15 is 0 Å². The Kier molecular flexibility index (Phi) is 5.70. The van der Waals surface area contributed by atoms with Gasteiger partial charge in [-0.1, -0.05) is 48.0 Å². The number of anilines is 1. The van der Waals surface area contributed by atoms with E-state index in [1.165, 1.54) is 6.26 Å². The molecule has 1 N–H and O–H groups in total. The average molecular weight is 451 g/mol. The number of ether oxygens (including phenoxy) is 2. The molecule has 4 aromatic carbocycles. The number of carbonyl (C=O) groups excluding carboxylic acids is 1. The second-order valence-electron chi connectivity index (χ2n) is 7.90. The van der Waals surface area contributed by atoms with Gasteiger partial charge in [0.15, 0.2) is 6.61 Å². The molecule has 168 valence electrons. The van der Waals surface area contributed by atoms with Gasteiger partial charge >= 0.3 is 0 Å². The first-order valence-corrected chi connectivity index (χ1v) is 10.8. The third-order valence-corrected chi connectivity index (χ3v) is 5.37. The molecule has 1 heterocycles. The van der Waals surface area contributed by atoms with Crippen LogP contribution in [0.2, 0.25) is 0 Å². The molecule has 0 fully saturated rings. The lowest BCUT2D eigenvalue weighted by atomic mass is 10.1. The lowest BCUT2D eigenvalue weighted by molar-refractivity contribution is -0.118. The first-order valence-electron chi connectivity index (χ1n) is 10.8. The van der Waals surface area contributed by atoms with Crippen molar-refractivity contribution < 1.29 is 18.7 Å². The maximum Gasteiger partial charge on any atom is 0.262 e. The SMILES string of the molecule is Cc1ccc(NC(=O)COc2ccc3c(=O)c(Oc4ccc5ccccc5c4)coc3c2)cc1. The summed E-state index contributed by atoms with van der Waals surface area (Å²) in [6.07, 6.45) is 1.29. The Balaban J connectivity index is 1.29. The van der Waals surface area contributed by atoms with Crippen LogP contribution in [-0.2, 0) is 4.79 Å². The molecule has 0 spiro atoms. The fraction of sp³-hybridized carbons (Fsp3) is 0.0714. The minimum absolute atomic E-state index is 0.0916. The molecular weight excluding hydrogens is 430 g/mol. The molecule has 0 bridgehead atoms. The number of benzene rings is 4. The molecule has 1 aromatic heterocycles.